The van der Waals surface area contributed by atoms with Gasteiger partial charge in [-0.1, -0.05) is 12.8 Å². The fraction of sp³-hybridized carbons (Fsp3) is 0.947. The molecule has 140 valence electrons. The van der Waals surface area contributed by atoms with Crippen LogP contribution < -0.4 is 10.6 Å². The van der Waals surface area contributed by atoms with Crippen LogP contribution in [0.1, 0.15) is 51.9 Å². The molecule has 5 heteroatoms. The maximum absolute atomic E-state index is 6.00. The minimum absolute atomic E-state index is 0.412. The van der Waals surface area contributed by atoms with Crippen molar-refractivity contribution in [3.05, 3.63) is 0 Å². The van der Waals surface area contributed by atoms with E-state index in [-0.39, 0.29) is 0 Å². The molecule has 1 heterocycles. The van der Waals surface area contributed by atoms with Crippen molar-refractivity contribution in [2.45, 2.75) is 58.0 Å². The molecule has 0 aromatic carbocycles. The van der Waals surface area contributed by atoms with Crippen molar-refractivity contribution in [1.29, 1.82) is 0 Å². The van der Waals surface area contributed by atoms with Gasteiger partial charge in [0.15, 0.2) is 5.96 Å². The number of guanidine groups is 1. The number of piperidine rings is 1. The van der Waals surface area contributed by atoms with E-state index in [0.717, 1.165) is 43.9 Å². The lowest BCUT2D eigenvalue weighted by atomic mass is 9.98. The predicted octanol–water partition coefficient (Wildman–Crippen LogP) is 2.48. The van der Waals surface area contributed by atoms with Gasteiger partial charge < -0.3 is 20.3 Å². The minimum Gasteiger partial charge on any atom is -0.378 e. The van der Waals surface area contributed by atoms with Crippen LogP contribution in [0.15, 0.2) is 4.99 Å². The maximum atomic E-state index is 6.00. The van der Waals surface area contributed by atoms with Crippen LogP contribution in [-0.4, -0.2) is 63.8 Å². The minimum atomic E-state index is 0.412. The van der Waals surface area contributed by atoms with Crippen LogP contribution in [0.3, 0.4) is 0 Å². The van der Waals surface area contributed by atoms with Crippen LogP contribution in [-0.2, 0) is 4.74 Å². The average molecular weight is 339 g/mol. The molecule has 0 aromatic heterocycles. The number of hydrogen-bond donors (Lipinski definition) is 2. The Kier molecular flexibility index (Phi) is 8.89. The molecule has 2 unspecified atom stereocenters. The van der Waals surface area contributed by atoms with Gasteiger partial charge >= 0.3 is 0 Å². The normalized spacial score (nSPS) is 25.0. The van der Waals surface area contributed by atoms with Crippen LogP contribution >= 0.6 is 0 Å². The van der Waals surface area contributed by atoms with Crippen LogP contribution in [0.25, 0.3) is 0 Å². The highest BCUT2D eigenvalue weighted by Crippen LogP contribution is 2.30. The Balaban J connectivity index is 1.66. The van der Waals surface area contributed by atoms with E-state index < -0.39 is 0 Å². The molecule has 2 aliphatic rings. The number of nitrogens with zero attached hydrogens (tertiary/aromatic N) is 2. The van der Waals surface area contributed by atoms with E-state index in [4.69, 9.17) is 4.74 Å². The molecule has 1 saturated heterocycles. The van der Waals surface area contributed by atoms with Crippen molar-refractivity contribution in [1.82, 2.24) is 15.5 Å². The lowest BCUT2D eigenvalue weighted by molar-refractivity contribution is 0.0169. The van der Waals surface area contributed by atoms with Crippen molar-refractivity contribution in [3.8, 4) is 0 Å². The molecule has 5 nitrogen and oxygen atoms in total. The molecule has 0 bridgehead atoms. The molecule has 2 rings (SSSR count). The predicted molar refractivity (Wildman–Crippen MR) is 102 cm³/mol. The molecular weight excluding hydrogens is 300 g/mol. The van der Waals surface area contributed by atoms with Gasteiger partial charge in [-0.2, -0.15) is 0 Å². The summed E-state index contributed by atoms with van der Waals surface area (Å²) in [6.07, 6.45) is 9.55. The summed E-state index contributed by atoms with van der Waals surface area (Å²) < 4.78 is 6.00. The number of likely N-dealkylation sites (tertiary alicyclic amines) is 1. The molecule has 2 atom stereocenters. The van der Waals surface area contributed by atoms with Gasteiger partial charge in [0.2, 0.25) is 0 Å². The van der Waals surface area contributed by atoms with Gasteiger partial charge in [0.25, 0.3) is 0 Å². The number of ether oxygens (including phenoxy) is 1. The Morgan fingerprint density at radius 3 is 2.67 bits per heavy atom. The molecule has 0 spiro atoms. The third-order valence-electron chi connectivity index (χ3n) is 5.53. The molecule has 2 N–H and O–H groups in total. The Morgan fingerprint density at radius 1 is 1.21 bits per heavy atom. The first kappa shape index (κ1) is 19.5. The Morgan fingerprint density at radius 2 is 2.00 bits per heavy atom. The van der Waals surface area contributed by atoms with Gasteiger partial charge in [0.1, 0.15) is 0 Å². The van der Waals surface area contributed by atoms with Gasteiger partial charge in [0.05, 0.1) is 6.10 Å². The standard InChI is InChI=1S/C19H38N4O/c1-4-24-18(17-9-5-6-10-17)11-12-21-19(20-2)22-14-16-8-7-13-23(3)15-16/h16-18H,4-15H2,1-3H3,(H2,20,21,22). The highest BCUT2D eigenvalue weighted by molar-refractivity contribution is 5.79. The van der Waals surface area contributed by atoms with Gasteiger partial charge in [-0.3, -0.25) is 4.99 Å². The van der Waals surface area contributed by atoms with Crippen LogP contribution in [0.4, 0.5) is 0 Å². The summed E-state index contributed by atoms with van der Waals surface area (Å²) in [5.41, 5.74) is 0. The van der Waals surface area contributed by atoms with Crippen molar-refractivity contribution >= 4 is 5.96 Å². The third-order valence-corrected chi connectivity index (χ3v) is 5.53. The van der Waals surface area contributed by atoms with E-state index >= 15 is 0 Å². The first-order chi connectivity index (χ1) is 11.7. The van der Waals surface area contributed by atoms with Crippen LogP contribution in [0.5, 0.6) is 0 Å². The summed E-state index contributed by atoms with van der Waals surface area (Å²) in [7, 11) is 4.08. The summed E-state index contributed by atoms with van der Waals surface area (Å²) in [6.45, 7) is 7.31. The summed E-state index contributed by atoms with van der Waals surface area (Å²) >= 11 is 0. The number of rotatable bonds is 8. The topological polar surface area (TPSA) is 48.9 Å². The zero-order valence-corrected chi connectivity index (χ0v) is 16.0. The Labute approximate surface area is 148 Å². The van der Waals surface area contributed by atoms with Crippen LogP contribution in [0, 0.1) is 11.8 Å². The summed E-state index contributed by atoms with van der Waals surface area (Å²) in [4.78, 5) is 6.80. The van der Waals surface area contributed by atoms with Gasteiger partial charge in [-0.25, -0.2) is 0 Å². The quantitative estimate of drug-likeness (QED) is 0.527. The van der Waals surface area contributed by atoms with Crippen molar-refractivity contribution in [3.63, 3.8) is 0 Å². The summed E-state index contributed by atoms with van der Waals surface area (Å²) in [5, 5.41) is 6.98. The third kappa shape index (κ3) is 6.60. The molecule has 2 fully saturated rings. The Bertz CT molecular complexity index is 368. The van der Waals surface area contributed by atoms with Gasteiger partial charge in [-0.05, 0) is 64.5 Å². The monoisotopic (exact) mass is 338 g/mol. The van der Waals surface area contributed by atoms with Crippen molar-refractivity contribution in [2.75, 3.05) is 46.9 Å². The zero-order chi connectivity index (χ0) is 17.2. The molecule has 1 aliphatic carbocycles. The molecule has 1 aliphatic heterocycles. The first-order valence-electron chi connectivity index (χ1n) is 9.97. The second-order valence-corrected chi connectivity index (χ2v) is 7.48. The second kappa shape index (κ2) is 10.9. The van der Waals surface area contributed by atoms with E-state index in [0.29, 0.717) is 6.10 Å². The number of hydrogen-bond acceptors (Lipinski definition) is 3. The summed E-state index contributed by atoms with van der Waals surface area (Å²) in [6, 6.07) is 0. The molecule has 24 heavy (non-hydrogen) atoms. The van der Waals surface area contributed by atoms with Crippen LogP contribution in [0.2, 0.25) is 0 Å². The van der Waals surface area contributed by atoms with E-state index in [1.54, 1.807) is 0 Å². The lowest BCUT2D eigenvalue weighted by Gasteiger charge is -2.30. The molecule has 0 amide bonds. The van der Waals surface area contributed by atoms with Gasteiger partial charge in [0, 0.05) is 33.3 Å². The van der Waals surface area contributed by atoms with E-state index in [1.165, 1.54) is 51.6 Å². The number of aliphatic imine (C=N–C) groups is 1. The molecule has 0 radical (unpaired) electrons. The van der Waals surface area contributed by atoms with E-state index in [2.05, 4.69) is 34.5 Å². The lowest BCUT2D eigenvalue weighted by Crippen LogP contribution is -2.44. The van der Waals surface area contributed by atoms with Crippen molar-refractivity contribution < 1.29 is 4.74 Å². The highest BCUT2D eigenvalue weighted by atomic mass is 16.5. The summed E-state index contributed by atoms with van der Waals surface area (Å²) in [5.74, 6) is 2.43. The average Bonchev–Trinajstić information content (AvgIpc) is 3.11. The van der Waals surface area contributed by atoms with E-state index in [9.17, 15) is 0 Å². The van der Waals surface area contributed by atoms with Gasteiger partial charge in [-0.15, -0.1) is 0 Å². The fourth-order valence-corrected chi connectivity index (χ4v) is 4.23. The van der Waals surface area contributed by atoms with Crippen molar-refractivity contribution in [2.24, 2.45) is 16.8 Å². The molecule has 1 saturated carbocycles. The largest absolute Gasteiger partial charge is 0.378 e. The highest BCUT2D eigenvalue weighted by Gasteiger charge is 2.25. The SMILES string of the molecule is CCOC(CCNC(=NC)NCC1CCCN(C)C1)C1CCCC1. The first-order valence-corrected chi connectivity index (χ1v) is 9.97. The second-order valence-electron chi connectivity index (χ2n) is 7.48. The molecule has 0 aromatic rings. The molecular formula is C19H38N4O. The fourth-order valence-electron chi connectivity index (χ4n) is 4.23. The smallest absolute Gasteiger partial charge is 0.190 e. The Hall–Kier alpha value is -0.810. The number of nitrogens with one attached hydrogen (secondary N) is 2. The van der Waals surface area contributed by atoms with E-state index in [1.807, 2.05) is 7.05 Å². The maximum Gasteiger partial charge on any atom is 0.190 e. The zero-order valence-electron chi connectivity index (χ0n) is 16.0.